The lowest BCUT2D eigenvalue weighted by Crippen LogP contribution is -2.31. The summed E-state index contributed by atoms with van der Waals surface area (Å²) < 4.78 is 40.5. The van der Waals surface area contributed by atoms with Gasteiger partial charge in [-0.2, -0.15) is 0 Å². The van der Waals surface area contributed by atoms with E-state index in [0.717, 1.165) is 35.7 Å². The Bertz CT molecular complexity index is 1130. The highest BCUT2D eigenvalue weighted by atomic mass is 32.2. The molecule has 1 amide bonds. The number of halogens is 1. The third kappa shape index (κ3) is 5.05. The highest BCUT2D eigenvalue weighted by molar-refractivity contribution is 7.92. The minimum Gasteiger partial charge on any atom is -0.279 e. The zero-order chi connectivity index (χ0) is 21.0. The summed E-state index contributed by atoms with van der Waals surface area (Å²) in [6, 6.07) is 12.2. The molecule has 0 aliphatic rings. The van der Waals surface area contributed by atoms with Gasteiger partial charge < -0.3 is 0 Å². The Morgan fingerprint density at radius 3 is 2.24 bits per heavy atom. The first-order valence-corrected chi connectivity index (χ1v) is 9.99. The molecule has 1 heterocycles. The molecule has 150 valence electrons. The van der Waals surface area contributed by atoms with E-state index in [1.54, 1.807) is 32.0 Å². The second-order valence-corrected chi connectivity index (χ2v) is 7.84. The smallest absolute Gasteiger partial charge is 0.271 e. The Hall–Kier alpha value is -3.53. The van der Waals surface area contributed by atoms with Gasteiger partial charge in [-0.25, -0.2) is 22.8 Å². The molecule has 0 aliphatic carbocycles. The van der Waals surface area contributed by atoms with Crippen LogP contribution in [0.15, 0.2) is 59.5 Å². The summed E-state index contributed by atoms with van der Waals surface area (Å²) in [5, 5.41) is 0. The highest BCUT2D eigenvalue weighted by Crippen LogP contribution is 2.20. The first kappa shape index (κ1) is 20.2. The number of aryl methyl sites for hydroxylation is 2. The Morgan fingerprint density at radius 1 is 0.966 bits per heavy atom. The number of nitrogens with zero attached hydrogens (tertiary/aromatic N) is 2. The zero-order valence-corrected chi connectivity index (χ0v) is 16.4. The molecule has 8 nitrogen and oxygen atoms in total. The number of rotatable bonds is 6. The van der Waals surface area contributed by atoms with E-state index < -0.39 is 21.7 Å². The van der Waals surface area contributed by atoms with Gasteiger partial charge in [-0.3, -0.25) is 20.4 Å². The molecule has 0 fully saturated rings. The molecule has 0 aliphatic heterocycles. The van der Waals surface area contributed by atoms with E-state index in [0.29, 0.717) is 0 Å². The number of carbonyl (C=O) groups excluding carboxylic acids is 1. The van der Waals surface area contributed by atoms with Crippen LogP contribution in [-0.4, -0.2) is 24.3 Å². The Kier molecular flexibility index (Phi) is 5.74. The number of sulfonamides is 1. The van der Waals surface area contributed by atoms with Crippen LogP contribution in [0.25, 0.3) is 0 Å². The van der Waals surface area contributed by atoms with E-state index in [1.807, 2.05) is 0 Å². The van der Waals surface area contributed by atoms with Crippen LogP contribution in [0.3, 0.4) is 0 Å². The Labute approximate surface area is 167 Å². The minimum atomic E-state index is -4.01. The number of aromatic nitrogens is 2. The fourth-order valence-electron chi connectivity index (χ4n) is 2.55. The number of benzene rings is 2. The van der Waals surface area contributed by atoms with Gasteiger partial charge in [0.25, 0.3) is 15.9 Å². The highest BCUT2D eigenvalue weighted by Gasteiger charge is 2.19. The summed E-state index contributed by atoms with van der Waals surface area (Å²) in [5.74, 6) is -0.936. The predicted molar refractivity (Wildman–Crippen MR) is 106 cm³/mol. The van der Waals surface area contributed by atoms with Crippen LogP contribution >= 0.6 is 0 Å². The second kappa shape index (κ2) is 8.23. The third-order valence-electron chi connectivity index (χ3n) is 3.81. The number of hydrazine groups is 1. The number of hydrogen-bond donors (Lipinski definition) is 3. The predicted octanol–water partition coefficient (Wildman–Crippen LogP) is 2.79. The van der Waals surface area contributed by atoms with Crippen LogP contribution in [0.4, 0.5) is 16.0 Å². The van der Waals surface area contributed by atoms with E-state index in [4.69, 9.17) is 0 Å². The van der Waals surface area contributed by atoms with Gasteiger partial charge >= 0.3 is 0 Å². The maximum Gasteiger partial charge on any atom is 0.271 e. The number of anilines is 2. The molecular weight excluding hydrogens is 397 g/mol. The summed E-state index contributed by atoms with van der Waals surface area (Å²) in [7, 11) is -4.01. The van der Waals surface area contributed by atoms with E-state index in [2.05, 4.69) is 25.5 Å². The average Bonchev–Trinajstić information content (AvgIpc) is 2.66. The molecule has 3 aromatic rings. The number of hydrogen-bond acceptors (Lipinski definition) is 6. The molecule has 0 spiro atoms. The van der Waals surface area contributed by atoms with Crippen LogP contribution in [0, 0.1) is 19.7 Å². The molecule has 2 aromatic carbocycles. The normalized spacial score (nSPS) is 11.0. The lowest BCUT2D eigenvalue weighted by atomic mass is 10.2. The number of amides is 1. The van der Waals surface area contributed by atoms with Gasteiger partial charge in [0.1, 0.15) is 5.82 Å². The maximum absolute atomic E-state index is 13.1. The number of para-hydroxylation sites is 1. The van der Waals surface area contributed by atoms with Gasteiger partial charge in [-0.15, -0.1) is 0 Å². The van der Waals surface area contributed by atoms with Crippen LogP contribution in [0.1, 0.15) is 21.7 Å². The molecule has 0 atom stereocenters. The topological polar surface area (TPSA) is 113 Å². The second-order valence-electron chi connectivity index (χ2n) is 6.16. The molecule has 3 N–H and O–H groups in total. The van der Waals surface area contributed by atoms with Crippen molar-refractivity contribution >= 4 is 27.6 Å². The first-order chi connectivity index (χ1) is 13.7. The fraction of sp³-hybridized carbons (Fsp3) is 0.105. The quantitative estimate of drug-likeness (QED) is 0.534. The summed E-state index contributed by atoms with van der Waals surface area (Å²) in [5.41, 5.74) is 6.65. The Morgan fingerprint density at radius 2 is 1.59 bits per heavy atom. The summed E-state index contributed by atoms with van der Waals surface area (Å²) in [6.45, 7) is 3.59. The first-order valence-electron chi connectivity index (χ1n) is 8.51. The molecule has 1 aromatic heterocycles. The Balaban J connectivity index is 1.79. The lowest BCUT2D eigenvalue weighted by molar-refractivity contribution is 0.0963. The molecule has 0 bridgehead atoms. The van der Waals surface area contributed by atoms with E-state index >= 15 is 0 Å². The molecule has 0 radical (unpaired) electrons. The molecule has 0 saturated carbocycles. The molecule has 29 heavy (non-hydrogen) atoms. The number of carbonyl (C=O) groups is 1. The van der Waals surface area contributed by atoms with E-state index in [-0.39, 0.29) is 22.1 Å². The molecule has 10 heteroatoms. The zero-order valence-electron chi connectivity index (χ0n) is 15.6. The van der Waals surface area contributed by atoms with Gasteiger partial charge in [0, 0.05) is 11.4 Å². The van der Waals surface area contributed by atoms with Crippen molar-refractivity contribution in [1.29, 1.82) is 0 Å². The maximum atomic E-state index is 13.1. The van der Waals surface area contributed by atoms with Gasteiger partial charge in [-0.1, -0.05) is 12.1 Å². The van der Waals surface area contributed by atoms with Crippen molar-refractivity contribution in [2.45, 2.75) is 18.7 Å². The van der Waals surface area contributed by atoms with Gasteiger partial charge in [0.2, 0.25) is 5.95 Å². The summed E-state index contributed by atoms with van der Waals surface area (Å²) >= 11 is 0. The van der Waals surface area contributed by atoms with Gasteiger partial charge in [0.15, 0.2) is 0 Å². The van der Waals surface area contributed by atoms with Crippen molar-refractivity contribution in [1.82, 2.24) is 15.4 Å². The van der Waals surface area contributed by atoms with Crippen LogP contribution < -0.4 is 15.6 Å². The molecule has 3 rings (SSSR count). The van der Waals surface area contributed by atoms with Gasteiger partial charge in [-0.05, 0) is 56.3 Å². The molecular formula is C19H18FN5O3S. The molecule has 0 saturated heterocycles. The van der Waals surface area contributed by atoms with Crippen molar-refractivity contribution in [3.8, 4) is 0 Å². The largest absolute Gasteiger partial charge is 0.279 e. The van der Waals surface area contributed by atoms with Crippen molar-refractivity contribution in [3.63, 3.8) is 0 Å². The average molecular weight is 415 g/mol. The standard InChI is InChI=1S/C19H18FN5O3S/c1-12-11-13(2)22-19(21-12)24-23-18(26)16-5-3-4-6-17(16)25-29(27,28)15-9-7-14(20)8-10-15/h3-11,25H,1-2H3,(H,23,26)(H,21,22,24). The van der Waals surface area contributed by atoms with E-state index in [1.165, 1.54) is 12.1 Å². The molecule has 0 unspecified atom stereocenters. The fourth-order valence-corrected chi connectivity index (χ4v) is 3.63. The van der Waals surface area contributed by atoms with Crippen molar-refractivity contribution < 1.29 is 17.6 Å². The van der Waals surface area contributed by atoms with Crippen LogP contribution in [0.5, 0.6) is 0 Å². The van der Waals surface area contributed by atoms with Gasteiger partial charge in [0.05, 0.1) is 16.1 Å². The SMILES string of the molecule is Cc1cc(C)nc(NNC(=O)c2ccccc2NS(=O)(=O)c2ccc(F)cc2)n1. The summed E-state index contributed by atoms with van der Waals surface area (Å²) in [4.78, 5) is 20.7. The van der Waals surface area contributed by atoms with Crippen molar-refractivity contribution in [2.24, 2.45) is 0 Å². The third-order valence-corrected chi connectivity index (χ3v) is 5.19. The van der Waals surface area contributed by atoms with E-state index in [9.17, 15) is 17.6 Å². The monoisotopic (exact) mass is 415 g/mol. The van der Waals surface area contributed by atoms with Crippen molar-refractivity contribution in [2.75, 3.05) is 10.1 Å². The lowest BCUT2D eigenvalue weighted by Gasteiger charge is -2.13. The summed E-state index contributed by atoms with van der Waals surface area (Å²) in [6.07, 6.45) is 0. The minimum absolute atomic E-state index is 0.0671. The van der Waals surface area contributed by atoms with Crippen LogP contribution in [-0.2, 0) is 10.0 Å². The van der Waals surface area contributed by atoms with Crippen LogP contribution in [0.2, 0.25) is 0 Å². The number of nitrogens with one attached hydrogen (secondary N) is 3. The van der Waals surface area contributed by atoms with Crippen molar-refractivity contribution in [3.05, 3.63) is 77.4 Å².